The van der Waals surface area contributed by atoms with Crippen LogP contribution < -0.4 is 10.5 Å². The predicted molar refractivity (Wildman–Crippen MR) is 65.0 cm³/mol. The maximum Gasteiger partial charge on any atom is 0.309 e. The molecule has 0 saturated carbocycles. The Kier molecular flexibility index (Phi) is 2.73. The van der Waals surface area contributed by atoms with Crippen molar-refractivity contribution in [2.75, 3.05) is 12.3 Å². The van der Waals surface area contributed by atoms with E-state index >= 15 is 0 Å². The summed E-state index contributed by atoms with van der Waals surface area (Å²) in [5.41, 5.74) is 6.61. The number of hydrogen-bond acceptors (Lipinski definition) is 3. The van der Waals surface area contributed by atoms with Gasteiger partial charge in [0.2, 0.25) is 0 Å². The first-order valence-electron chi connectivity index (χ1n) is 5.66. The summed E-state index contributed by atoms with van der Waals surface area (Å²) in [5.74, 6) is -0.00982. The van der Waals surface area contributed by atoms with Crippen LogP contribution in [0.25, 0.3) is 0 Å². The largest absolute Gasteiger partial charge is 0.493 e. The molecular weight excluding hydrogens is 218 g/mol. The molecule has 1 heterocycles. The van der Waals surface area contributed by atoms with Gasteiger partial charge in [-0.2, -0.15) is 0 Å². The van der Waals surface area contributed by atoms with Crippen LogP contribution in [0, 0.1) is 11.3 Å². The molecule has 1 atom stereocenters. The van der Waals surface area contributed by atoms with Crippen LogP contribution in [0.3, 0.4) is 0 Å². The van der Waals surface area contributed by atoms with Crippen LogP contribution in [-0.4, -0.2) is 17.7 Å². The van der Waals surface area contributed by atoms with Gasteiger partial charge in [0.05, 0.1) is 12.0 Å². The van der Waals surface area contributed by atoms with E-state index in [0.29, 0.717) is 18.7 Å². The first-order valence-corrected chi connectivity index (χ1v) is 5.66. The van der Waals surface area contributed by atoms with Gasteiger partial charge in [0.1, 0.15) is 5.75 Å². The van der Waals surface area contributed by atoms with Crippen molar-refractivity contribution in [3.63, 3.8) is 0 Å². The molecule has 0 amide bonds. The molecule has 4 heteroatoms. The molecule has 1 unspecified atom stereocenters. The number of nitrogens with two attached hydrogens (primary N) is 1. The molecule has 2 rings (SSSR count). The zero-order chi connectivity index (χ0) is 12.6. The van der Waals surface area contributed by atoms with E-state index < -0.39 is 11.4 Å². The lowest BCUT2D eigenvalue weighted by atomic mass is 9.75. The summed E-state index contributed by atoms with van der Waals surface area (Å²) in [6, 6.07) is 5.50. The maximum atomic E-state index is 11.2. The average Bonchev–Trinajstić information content (AvgIpc) is 2.27. The number of anilines is 1. The molecule has 1 aliphatic heterocycles. The molecule has 0 bridgehead atoms. The molecule has 4 nitrogen and oxygen atoms in total. The van der Waals surface area contributed by atoms with Crippen LogP contribution in [0.5, 0.6) is 5.75 Å². The Labute approximate surface area is 100 Å². The molecule has 1 aromatic carbocycles. The molecule has 92 valence electrons. The lowest BCUT2D eigenvalue weighted by molar-refractivity contribution is -0.151. The van der Waals surface area contributed by atoms with E-state index in [1.54, 1.807) is 19.9 Å². The van der Waals surface area contributed by atoms with Gasteiger partial charge in [0.25, 0.3) is 0 Å². The molecule has 3 N–H and O–H groups in total. The lowest BCUT2D eigenvalue weighted by Gasteiger charge is -2.34. The van der Waals surface area contributed by atoms with Gasteiger partial charge in [-0.3, -0.25) is 4.79 Å². The molecule has 0 radical (unpaired) electrons. The van der Waals surface area contributed by atoms with Gasteiger partial charge in [-0.1, -0.05) is 0 Å². The molecule has 1 aromatic rings. The molecule has 17 heavy (non-hydrogen) atoms. The van der Waals surface area contributed by atoms with Crippen molar-refractivity contribution in [2.45, 2.75) is 20.3 Å². The second kappa shape index (κ2) is 3.95. The minimum atomic E-state index is -0.793. The SMILES string of the molecule is CC(C)(C(=O)O)C1COc2ccc(N)cc2C1. The van der Waals surface area contributed by atoms with E-state index in [0.717, 1.165) is 11.3 Å². The van der Waals surface area contributed by atoms with Crippen molar-refractivity contribution in [1.82, 2.24) is 0 Å². The molecule has 0 fully saturated rings. The summed E-state index contributed by atoms with van der Waals surface area (Å²) < 4.78 is 5.61. The van der Waals surface area contributed by atoms with Gasteiger partial charge < -0.3 is 15.6 Å². The average molecular weight is 235 g/mol. The van der Waals surface area contributed by atoms with E-state index in [1.807, 2.05) is 12.1 Å². The Morgan fingerprint density at radius 1 is 1.53 bits per heavy atom. The highest BCUT2D eigenvalue weighted by Crippen LogP contribution is 2.37. The third-order valence-electron chi connectivity index (χ3n) is 3.56. The van der Waals surface area contributed by atoms with Crippen molar-refractivity contribution >= 4 is 11.7 Å². The lowest BCUT2D eigenvalue weighted by Crippen LogP contribution is -2.39. The van der Waals surface area contributed by atoms with Crippen LogP contribution >= 0.6 is 0 Å². The van der Waals surface area contributed by atoms with Gasteiger partial charge in [-0.15, -0.1) is 0 Å². The first-order chi connectivity index (χ1) is 7.91. The fourth-order valence-corrected chi connectivity index (χ4v) is 2.05. The maximum absolute atomic E-state index is 11.2. The van der Waals surface area contributed by atoms with Crippen LogP contribution in [0.1, 0.15) is 19.4 Å². The fraction of sp³-hybridized carbons (Fsp3) is 0.462. The first kappa shape index (κ1) is 11.8. The zero-order valence-corrected chi connectivity index (χ0v) is 10.1. The normalized spacial score (nSPS) is 19.3. The Morgan fingerprint density at radius 3 is 2.88 bits per heavy atom. The third-order valence-corrected chi connectivity index (χ3v) is 3.56. The number of carbonyl (C=O) groups is 1. The number of aliphatic carboxylic acids is 1. The summed E-state index contributed by atoms with van der Waals surface area (Å²) in [7, 11) is 0. The van der Waals surface area contributed by atoms with Gasteiger partial charge in [-0.25, -0.2) is 0 Å². The molecule has 1 aliphatic rings. The number of carboxylic acids is 1. The summed E-state index contributed by atoms with van der Waals surface area (Å²) in [4.78, 5) is 11.2. The molecule has 0 aliphatic carbocycles. The van der Waals surface area contributed by atoms with Crippen LogP contribution in [0.15, 0.2) is 18.2 Å². The van der Waals surface area contributed by atoms with Crippen molar-refractivity contribution in [1.29, 1.82) is 0 Å². The van der Waals surface area contributed by atoms with Gasteiger partial charge >= 0.3 is 5.97 Å². The van der Waals surface area contributed by atoms with E-state index in [9.17, 15) is 9.90 Å². The molecular formula is C13H17NO3. The number of carboxylic acid groups (broad SMARTS) is 1. The van der Waals surface area contributed by atoms with E-state index in [1.165, 1.54) is 0 Å². The topological polar surface area (TPSA) is 72.5 Å². The number of nitrogen functional groups attached to an aromatic ring is 1. The number of hydrogen-bond donors (Lipinski definition) is 2. The van der Waals surface area contributed by atoms with Gasteiger partial charge in [-0.05, 0) is 44.0 Å². The van der Waals surface area contributed by atoms with Gasteiger partial charge in [0.15, 0.2) is 0 Å². The number of benzene rings is 1. The third kappa shape index (κ3) is 2.07. The summed E-state index contributed by atoms with van der Waals surface area (Å²) >= 11 is 0. The van der Waals surface area contributed by atoms with E-state index in [4.69, 9.17) is 10.5 Å². The van der Waals surface area contributed by atoms with Crippen LogP contribution in [-0.2, 0) is 11.2 Å². The van der Waals surface area contributed by atoms with Gasteiger partial charge in [0, 0.05) is 11.6 Å². The van der Waals surface area contributed by atoms with Crippen LogP contribution in [0.4, 0.5) is 5.69 Å². The van der Waals surface area contributed by atoms with Crippen LogP contribution in [0.2, 0.25) is 0 Å². The Balaban J connectivity index is 2.26. The molecule has 0 saturated heterocycles. The Hall–Kier alpha value is -1.71. The van der Waals surface area contributed by atoms with Crippen molar-refractivity contribution in [3.05, 3.63) is 23.8 Å². The molecule has 0 spiro atoms. The predicted octanol–water partition coefficient (Wildman–Crippen LogP) is 1.93. The zero-order valence-electron chi connectivity index (χ0n) is 10.1. The highest BCUT2D eigenvalue weighted by atomic mass is 16.5. The Morgan fingerprint density at radius 2 is 2.24 bits per heavy atom. The minimum Gasteiger partial charge on any atom is -0.493 e. The highest BCUT2D eigenvalue weighted by Gasteiger charge is 2.39. The quantitative estimate of drug-likeness (QED) is 0.768. The second-order valence-electron chi connectivity index (χ2n) is 5.11. The second-order valence-corrected chi connectivity index (χ2v) is 5.11. The highest BCUT2D eigenvalue weighted by molar-refractivity contribution is 5.74. The number of rotatable bonds is 2. The standard InChI is InChI=1S/C13H17NO3/c1-13(2,12(15)16)9-5-8-6-10(14)3-4-11(8)17-7-9/h3-4,6,9H,5,7,14H2,1-2H3,(H,15,16). The fourth-order valence-electron chi connectivity index (χ4n) is 2.05. The monoisotopic (exact) mass is 235 g/mol. The van der Waals surface area contributed by atoms with E-state index in [2.05, 4.69) is 0 Å². The minimum absolute atomic E-state index is 0.0331. The van der Waals surface area contributed by atoms with E-state index in [-0.39, 0.29) is 5.92 Å². The van der Waals surface area contributed by atoms with Crippen molar-refractivity contribution in [2.24, 2.45) is 11.3 Å². The van der Waals surface area contributed by atoms with Crippen molar-refractivity contribution in [3.8, 4) is 5.75 Å². The smallest absolute Gasteiger partial charge is 0.309 e. The summed E-state index contributed by atoms with van der Waals surface area (Å²) in [6.45, 7) is 3.91. The number of ether oxygens (including phenoxy) is 1. The molecule has 0 aromatic heterocycles. The van der Waals surface area contributed by atoms with Crippen molar-refractivity contribution < 1.29 is 14.6 Å². The number of fused-ring (bicyclic) bond motifs is 1. The summed E-state index contributed by atoms with van der Waals surface area (Å²) in [6.07, 6.45) is 0.694. The summed E-state index contributed by atoms with van der Waals surface area (Å²) in [5, 5.41) is 9.22. The Bertz CT molecular complexity index is 454.